The molecule has 1 aliphatic rings. The number of ether oxygens (including phenoxy) is 1. The van der Waals surface area contributed by atoms with E-state index in [9.17, 15) is 4.79 Å². The number of hydrogen-bond donors (Lipinski definition) is 1. The van der Waals surface area contributed by atoms with Gasteiger partial charge in [-0.2, -0.15) is 4.98 Å². The van der Waals surface area contributed by atoms with Gasteiger partial charge in [-0.05, 0) is 45.2 Å². The minimum Gasteiger partial charge on any atom is -0.382 e. The van der Waals surface area contributed by atoms with Gasteiger partial charge in [0.2, 0.25) is 11.7 Å². The van der Waals surface area contributed by atoms with Gasteiger partial charge in [0.1, 0.15) is 5.82 Å². The molecule has 8 heteroatoms. The molecular formula is C25H31N5O3. The summed E-state index contributed by atoms with van der Waals surface area (Å²) < 4.78 is 10.9. The van der Waals surface area contributed by atoms with Gasteiger partial charge in [0.05, 0.1) is 5.56 Å². The van der Waals surface area contributed by atoms with Gasteiger partial charge in [0, 0.05) is 50.5 Å². The van der Waals surface area contributed by atoms with Crippen molar-refractivity contribution in [3.8, 4) is 22.8 Å². The van der Waals surface area contributed by atoms with E-state index in [0.717, 1.165) is 49.3 Å². The highest BCUT2D eigenvalue weighted by molar-refractivity contribution is 5.79. The van der Waals surface area contributed by atoms with Gasteiger partial charge in [-0.1, -0.05) is 35.0 Å². The van der Waals surface area contributed by atoms with Crippen LogP contribution in [0.5, 0.6) is 0 Å². The molecule has 33 heavy (non-hydrogen) atoms. The van der Waals surface area contributed by atoms with Crippen LogP contribution in [-0.2, 0) is 9.53 Å². The summed E-state index contributed by atoms with van der Waals surface area (Å²) in [6.07, 6.45) is 4.18. The van der Waals surface area contributed by atoms with Crippen molar-refractivity contribution >= 4 is 11.7 Å². The molecule has 0 saturated carbocycles. The number of pyridine rings is 1. The molecule has 0 bridgehead atoms. The largest absolute Gasteiger partial charge is 0.382 e. The van der Waals surface area contributed by atoms with Gasteiger partial charge in [-0.15, -0.1) is 0 Å². The van der Waals surface area contributed by atoms with E-state index in [0.29, 0.717) is 31.5 Å². The molecule has 2 aromatic heterocycles. The summed E-state index contributed by atoms with van der Waals surface area (Å²) in [7, 11) is 0. The summed E-state index contributed by atoms with van der Waals surface area (Å²) in [5.41, 5.74) is 2.90. The number of carbonyl (C=O) groups excluding carboxylic acids is 1. The summed E-state index contributed by atoms with van der Waals surface area (Å²) in [4.78, 5) is 23.9. The Balaban J connectivity index is 1.39. The van der Waals surface area contributed by atoms with Crippen LogP contribution in [-0.4, -0.2) is 53.9 Å². The zero-order valence-corrected chi connectivity index (χ0v) is 19.3. The lowest BCUT2D eigenvalue weighted by Gasteiger charge is -2.32. The summed E-state index contributed by atoms with van der Waals surface area (Å²) >= 11 is 0. The Morgan fingerprint density at radius 3 is 2.76 bits per heavy atom. The Morgan fingerprint density at radius 2 is 2.00 bits per heavy atom. The van der Waals surface area contributed by atoms with Gasteiger partial charge in [-0.25, -0.2) is 4.98 Å². The van der Waals surface area contributed by atoms with Crippen molar-refractivity contribution in [1.29, 1.82) is 0 Å². The molecule has 174 valence electrons. The molecule has 0 spiro atoms. The predicted molar refractivity (Wildman–Crippen MR) is 127 cm³/mol. The van der Waals surface area contributed by atoms with Crippen molar-refractivity contribution in [2.24, 2.45) is 5.92 Å². The molecule has 1 N–H and O–H groups in total. The monoisotopic (exact) mass is 449 g/mol. The first-order valence-electron chi connectivity index (χ1n) is 11.6. The highest BCUT2D eigenvalue weighted by Gasteiger charge is 2.27. The number of aromatic nitrogens is 3. The lowest BCUT2D eigenvalue weighted by Crippen LogP contribution is -2.41. The van der Waals surface area contributed by atoms with Crippen molar-refractivity contribution in [3.05, 3.63) is 48.2 Å². The van der Waals surface area contributed by atoms with E-state index in [1.54, 1.807) is 6.20 Å². The highest BCUT2D eigenvalue weighted by atomic mass is 16.5. The van der Waals surface area contributed by atoms with Gasteiger partial charge >= 0.3 is 0 Å². The predicted octanol–water partition coefficient (Wildman–Crippen LogP) is 3.87. The second-order valence-corrected chi connectivity index (χ2v) is 8.27. The standard InChI is InChI=1S/C25H31N5O3/c1-3-32-17-5-14-27-24(31)20-11-15-30(16-12-20)23-21(6-4-13-26-23)25-28-22(29-33-25)19-9-7-18(2)8-10-19/h4,6-10,13,20H,3,5,11-12,14-17H2,1-2H3,(H,27,31). The molecule has 3 heterocycles. The maximum Gasteiger partial charge on any atom is 0.261 e. The average Bonchev–Trinajstić information content (AvgIpc) is 3.34. The van der Waals surface area contributed by atoms with Crippen LogP contribution in [0.4, 0.5) is 5.82 Å². The van der Waals surface area contributed by atoms with E-state index < -0.39 is 0 Å². The fourth-order valence-electron chi connectivity index (χ4n) is 4.00. The molecule has 0 atom stereocenters. The topological polar surface area (TPSA) is 93.4 Å². The smallest absolute Gasteiger partial charge is 0.261 e. The SMILES string of the molecule is CCOCCCNC(=O)C1CCN(c2ncccc2-c2nc(-c3ccc(C)cc3)no2)CC1. The van der Waals surface area contributed by atoms with Crippen LogP contribution >= 0.6 is 0 Å². The second kappa shape index (κ2) is 11.0. The summed E-state index contributed by atoms with van der Waals surface area (Å²) in [5.74, 6) is 1.97. The van der Waals surface area contributed by atoms with Gasteiger partial charge < -0.3 is 19.5 Å². The number of aryl methyl sites for hydroxylation is 1. The number of rotatable bonds is 9. The number of nitrogens with zero attached hydrogens (tertiary/aromatic N) is 4. The molecule has 3 aromatic rings. The van der Waals surface area contributed by atoms with E-state index in [-0.39, 0.29) is 11.8 Å². The number of anilines is 1. The van der Waals surface area contributed by atoms with E-state index in [1.165, 1.54) is 5.56 Å². The van der Waals surface area contributed by atoms with Gasteiger partial charge in [0.15, 0.2) is 0 Å². The van der Waals surface area contributed by atoms with Crippen LogP contribution < -0.4 is 10.2 Å². The number of piperidine rings is 1. The third-order valence-electron chi connectivity index (χ3n) is 5.89. The summed E-state index contributed by atoms with van der Waals surface area (Å²) in [6, 6.07) is 11.9. The Labute approximate surface area is 194 Å². The van der Waals surface area contributed by atoms with Crippen molar-refractivity contribution in [2.45, 2.75) is 33.1 Å². The van der Waals surface area contributed by atoms with Crippen molar-refractivity contribution in [3.63, 3.8) is 0 Å². The van der Waals surface area contributed by atoms with Crippen molar-refractivity contribution in [1.82, 2.24) is 20.4 Å². The minimum atomic E-state index is 0.0250. The van der Waals surface area contributed by atoms with Crippen LogP contribution in [0.1, 0.15) is 31.7 Å². The van der Waals surface area contributed by atoms with Crippen LogP contribution in [0.2, 0.25) is 0 Å². The fraction of sp³-hybridized carbons (Fsp3) is 0.440. The van der Waals surface area contributed by atoms with Gasteiger partial charge in [0.25, 0.3) is 5.89 Å². The molecule has 1 fully saturated rings. The summed E-state index contributed by atoms with van der Waals surface area (Å²) in [6.45, 7) is 7.56. The number of amides is 1. The third-order valence-corrected chi connectivity index (χ3v) is 5.89. The lowest BCUT2D eigenvalue weighted by atomic mass is 9.95. The molecule has 0 unspecified atom stereocenters. The zero-order valence-electron chi connectivity index (χ0n) is 19.3. The molecule has 1 aliphatic heterocycles. The fourth-order valence-corrected chi connectivity index (χ4v) is 4.00. The van der Waals surface area contributed by atoms with E-state index in [2.05, 4.69) is 25.3 Å². The molecule has 8 nitrogen and oxygen atoms in total. The molecule has 0 aliphatic carbocycles. The second-order valence-electron chi connectivity index (χ2n) is 8.27. The zero-order chi connectivity index (χ0) is 23.0. The van der Waals surface area contributed by atoms with Crippen LogP contribution in [0.15, 0.2) is 47.1 Å². The summed E-state index contributed by atoms with van der Waals surface area (Å²) in [5, 5.41) is 7.21. The van der Waals surface area contributed by atoms with Crippen LogP contribution in [0.25, 0.3) is 22.8 Å². The number of hydrogen-bond acceptors (Lipinski definition) is 7. The Morgan fingerprint density at radius 1 is 1.21 bits per heavy atom. The normalized spacial score (nSPS) is 14.4. The number of carbonyl (C=O) groups is 1. The Bertz CT molecular complexity index is 1040. The van der Waals surface area contributed by atoms with Crippen molar-refractivity contribution < 1.29 is 14.1 Å². The first kappa shape index (κ1) is 22.9. The molecule has 1 saturated heterocycles. The molecule has 0 radical (unpaired) electrons. The quantitative estimate of drug-likeness (QED) is 0.496. The third kappa shape index (κ3) is 5.76. The first-order valence-corrected chi connectivity index (χ1v) is 11.6. The Hall–Kier alpha value is -3.26. The molecule has 1 aromatic carbocycles. The van der Waals surface area contributed by atoms with Crippen LogP contribution in [0.3, 0.4) is 0 Å². The maximum absolute atomic E-state index is 12.5. The minimum absolute atomic E-state index is 0.0250. The van der Waals surface area contributed by atoms with E-state index in [1.807, 2.05) is 50.2 Å². The Kier molecular flexibility index (Phi) is 7.67. The molecular weight excluding hydrogens is 418 g/mol. The van der Waals surface area contributed by atoms with Crippen molar-refractivity contribution in [2.75, 3.05) is 37.7 Å². The average molecular weight is 450 g/mol. The maximum atomic E-state index is 12.5. The lowest BCUT2D eigenvalue weighted by molar-refractivity contribution is -0.125. The number of benzene rings is 1. The highest BCUT2D eigenvalue weighted by Crippen LogP contribution is 2.31. The van der Waals surface area contributed by atoms with Gasteiger partial charge in [-0.3, -0.25) is 4.79 Å². The molecule has 1 amide bonds. The van der Waals surface area contributed by atoms with E-state index in [4.69, 9.17) is 9.26 Å². The number of nitrogens with one attached hydrogen (secondary N) is 1. The molecule has 4 rings (SSSR count). The first-order chi connectivity index (χ1) is 16.2. The van der Waals surface area contributed by atoms with E-state index >= 15 is 0 Å². The van der Waals surface area contributed by atoms with Crippen LogP contribution in [0, 0.1) is 12.8 Å².